The number of carbonyl (C=O) groups is 1. The van der Waals surface area contributed by atoms with Gasteiger partial charge in [-0.1, -0.05) is 35.9 Å². The van der Waals surface area contributed by atoms with E-state index in [0.29, 0.717) is 28.0 Å². The molecule has 180 valence electrons. The number of sulfonamides is 1. The molecule has 0 aromatic heterocycles. The highest BCUT2D eigenvalue weighted by molar-refractivity contribution is 7.92. The summed E-state index contributed by atoms with van der Waals surface area (Å²) >= 11 is 6.08. The first-order valence-electron chi connectivity index (χ1n) is 10.6. The van der Waals surface area contributed by atoms with Gasteiger partial charge >= 0.3 is 0 Å². The van der Waals surface area contributed by atoms with E-state index in [2.05, 4.69) is 5.32 Å². The molecule has 3 aromatic carbocycles. The Morgan fingerprint density at radius 3 is 2.24 bits per heavy atom. The highest BCUT2D eigenvalue weighted by atomic mass is 35.5. The van der Waals surface area contributed by atoms with Crippen LogP contribution in [0.4, 0.5) is 5.69 Å². The Labute approximate surface area is 205 Å². The zero-order valence-corrected chi connectivity index (χ0v) is 20.8. The SMILES string of the molecule is Cc1ccc(OCCNC(=O)[C@H](C)N(c2ccc(Oc3ccccc3)cc2)S(C)(=O)=O)cc1Cl. The standard InChI is InChI=1S/C25H27ClN2O5S/c1-18-9-12-23(17-24(18)26)32-16-15-27-25(29)19(2)28(34(3,30)31)20-10-13-22(14-11-20)33-21-7-5-4-6-8-21/h4-14,17,19H,15-16H2,1-3H3,(H,27,29)/t19-/m0/s1. The first kappa shape index (κ1) is 25.4. The third-order valence-electron chi connectivity index (χ3n) is 4.97. The number of rotatable bonds is 10. The number of ether oxygens (including phenoxy) is 2. The minimum absolute atomic E-state index is 0.204. The van der Waals surface area contributed by atoms with Crippen molar-refractivity contribution >= 4 is 33.2 Å². The molecule has 9 heteroatoms. The Morgan fingerprint density at radius 1 is 1.00 bits per heavy atom. The molecule has 0 radical (unpaired) electrons. The van der Waals surface area contributed by atoms with Crippen LogP contribution in [0.3, 0.4) is 0 Å². The maximum absolute atomic E-state index is 12.7. The first-order valence-corrected chi connectivity index (χ1v) is 12.9. The van der Waals surface area contributed by atoms with E-state index < -0.39 is 22.0 Å². The molecule has 1 amide bonds. The second-order valence-corrected chi connectivity index (χ2v) is 9.96. The van der Waals surface area contributed by atoms with Crippen LogP contribution in [0.2, 0.25) is 5.02 Å². The van der Waals surface area contributed by atoms with Crippen LogP contribution in [-0.2, 0) is 14.8 Å². The highest BCUT2D eigenvalue weighted by Gasteiger charge is 2.29. The summed E-state index contributed by atoms with van der Waals surface area (Å²) in [5.74, 6) is 1.36. The smallest absolute Gasteiger partial charge is 0.243 e. The van der Waals surface area contributed by atoms with E-state index in [0.717, 1.165) is 16.1 Å². The quantitative estimate of drug-likeness (QED) is 0.403. The van der Waals surface area contributed by atoms with Crippen LogP contribution in [0.5, 0.6) is 17.2 Å². The number of nitrogens with zero attached hydrogens (tertiary/aromatic N) is 1. The summed E-state index contributed by atoms with van der Waals surface area (Å²) in [5.41, 5.74) is 1.30. The molecule has 0 unspecified atom stereocenters. The molecule has 1 atom stereocenters. The molecule has 7 nitrogen and oxygen atoms in total. The summed E-state index contributed by atoms with van der Waals surface area (Å²) in [6.45, 7) is 3.84. The fourth-order valence-electron chi connectivity index (χ4n) is 3.25. The summed E-state index contributed by atoms with van der Waals surface area (Å²) in [6.07, 6.45) is 1.06. The minimum Gasteiger partial charge on any atom is -0.492 e. The Hall–Kier alpha value is -3.23. The number of benzene rings is 3. The number of amides is 1. The lowest BCUT2D eigenvalue weighted by Gasteiger charge is -2.28. The predicted molar refractivity (Wildman–Crippen MR) is 134 cm³/mol. The number of para-hydroxylation sites is 1. The third-order valence-corrected chi connectivity index (χ3v) is 6.62. The van der Waals surface area contributed by atoms with Gasteiger partial charge in [0.05, 0.1) is 18.5 Å². The largest absolute Gasteiger partial charge is 0.492 e. The van der Waals surface area contributed by atoms with Crippen LogP contribution in [0.25, 0.3) is 0 Å². The summed E-state index contributed by atoms with van der Waals surface area (Å²) in [7, 11) is -3.73. The van der Waals surface area contributed by atoms with E-state index in [1.807, 2.05) is 43.3 Å². The topological polar surface area (TPSA) is 84.9 Å². The second-order valence-electron chi connectivity index (χ2n) is 7.69. The van der Waals surface area contributed by atoms with Gasteiger partial charge in [-0.15, -0.1) is 0 Å². The van der Waals surface area contributed by atoms with Crippen molar-refractivity contribution in [2.75, 3.05) is 23.7 Å². The van der Waals surface area contributed by atoms with Crippen LogP contribution in [-0.4, -0.2) is 39.8 Å². The molecule has 3 rings (SSSR count). The van der Waals surface area contributed by atoms with Crippen LogP contribution < -0.4 is 19.1 Å². The molecule has 0 aliphatic rings. The van der Waals surface area contributed by atoms with Crippen molar-refractivity contribution in [3.05, 3.63) is 83.4 Å². The average Bonchev–Trinajstić information content (AvgIpc) is 2.80. The van der Waals surface area contributed by atoms with Crippen LogP contribution in [0, 0.1) is 6.92 Å². The van der Waals surface area contributed by atoms with Crippen LogP contribution in [0.15, 0.2) is 72.8 Å². The van der Waals surface area contributed by atoms with Gasteiger partial charge in [0.15, 0.2) is 0 Å². The van der Waals surface area contributed by atoms with E-state index in [9.17, 15) is 13.2 Å². The van der Waals surface area contributed by atoms with E-state index in [1.54, 1.807) is 36.4 Å². The zero-order chi connectivity index (χ0) is 24.7. The second kappa shape index (κ2) is 11.3. The highest BCUT2D eigenvalue weighted by Crippen LogP contribution is 2.27. The van der Waals surface area contributed by atoms with Gasteiger partial charge in [-0.05, 0) is 67.9 Å². The summed E-state index contributed by atoms with van der Waals surface area (Å²) in [5, 5.41) is 3.31. The molecule has 0 saturated heterocycles. The number of carbonyl (C=O) groups excluding carboxylic acids is 1. The molecule has 0 aliphatic carbocycles. The molecule has 34 heavy (non-hydrogen) atoms. The molecule has 0 spiro atoms. The molecule has 1 N–H and O–H groups in total. The van der Waals surface area contributed by atoms with E-state index in [4.69, 9.17) is 21.1 Å². The van der Waals surface area contributed by atoms with E-state index in [-0.39, 0.29) is 13.2 Å². The van der Waals surface area contributed by atoms with Crippen molar-refractivity contribution < 1.29 is 22.7 Å². The minimum atomic E-state index is -3.73. The molecule has 0 bridgehead atoms. The zero-order valence-electron chi connectivity index (χ0n) is 19.2. The number of nitrogens with one attached hydrogen (secondary N) is 1. The maximum atomic E-state index is 12.7. The number of halogens is 1. The Kier molecular flexibility index (Phi) is 8.41. The number of hydrogen-bond acceptors (Lipinski definition) is 5. The average molecular weight is 503 g/mol. The molecule has 3 aromatic rings. The molecular formula is C25H27ClN2O5S. The molecular weight excluding hydrogens is 476 g/mol. The van der Waals surface area contributed by atoms with Gasteiger partial charge in [-0.25, -0.2) is 8.42 Å². The van der Waals surface area contributed by atoms with Crippen LogP contribution in [0.1, 0.15) is 12.5 Å². The lowest BCUT2D eigenvalue weighted by molar-refractivity contribution is -0.121. The maximum Gasteiger partial charge on any atom is 0.243 e. The van der Waals surface area contributed by atoms with Gasteiger partial charge in [0, 0.05) is 5.02 Å². The van der Waals surface area contributed by atoms with Gasteiger partial charge in [0.1, 0.15) is 29.9 Å². The first-order chi connectivity index (χ1) is 16.1. The Bertz CT molecular complexity index is 1220. The molecule has 0 aliphatic heterocycles. The molecule has 0 saturated carbocycles. The fourth-order valence-corrected chi connectivity index (χ4v) is 4.59. The van der Waals surface area contributed by atoms with Crippen molar-refractivity contribution in [3.63, 3.8) is 0 Å². The monoisotopic (exact) mass is 502 g/mol. The van der Waals surface area contributed by atoms with Crippen molar-refractivity contribution in [1.82, 2.24) is 5.32 Å². The van der Waals surface area contributed by atoms with Crippen molar-refractivity contribution in [2.45, 2.75) is 19.9 Å². The Balaban J connectivity index is 1.61. The fraction of sp³-hybridized carbons (Fsp3) is 0.240. The summed E-state index contributed by atoms with van der Waals surface area (Å²) in [6, 6.07) is 20.1. The predicted octanol–water partition coefficient (Wildman–Crippen LogP) is 4.79. The summed E-state index contributed by atoms with van der Waals surface area (Å²) in [4.78, 5) is 12.7. The lowest BCUT2D eigenvalue weighted by Crippen LogP contribution is -2.48. The van der Waals surface area contributed by atoms with Gasteiger partial charge in [0.25, 0.3) is 0 Å². The third kappa shape index (κ3) is 6.88. The van der Waals surface area contributed by atoms with Gasteiger partial charge < -0.3 is 14.8 Å². The normalized spacial score (nSPS) is 12.0. The van der Waals surface area contributed by atoms with E-state index >= 15 is 0 Å². The number of anilines is 1. The number of hydrogen-bond donors (Lipinski definition) is 1. The van der Waals surface area contributed by atoms with Crippen molar-refractivity contribution in [2.24, 2.45) is 0 Å². The lowest BCUT2D eigenvalue weighted by atomic mass is 10.2. The molecule has 0 heterocycles. The van der Waals surface area contributed by atoms with Gasteiger partial charge in [0.2, 0.25) is 15.9 Å². The molecule has 0 fully saturated rings. The number of aryl methyl sites for hydroxylation is 1. The van der Waals surface area contributed by atoms with E-state index in [1.165, 1.54) is 6.92 Å². The summed E-state index contributed by atoms with van der Waals surface area (Å²) < 4.78 is 37.4. The van der Waals surface area contributed by atoms with Crippen molar-refractivity contribution in [3.8, 4) is 17.2 Å². The van der Waals surface area contributed by atoms with Gasteiger partial charge in [-0.3, -0.25) is 9.10 Å². The van der Waals surface area contributed by atoms with Crippen LogP contribution >= 0.6 is 11.6 Å². The van der Waals surface area contributed by atoms with Crippen molar-refractivity contribution in [1.29, 1.82) is 0 Å². The Morgan fingerprint density at radius 2 is 1.62 bits per heavy atom. The van der Waals surface area contributed by atoms with Gasteiger partial charge in [-0.2, -0.15) is 0 Å².